The maximum atomic E-state index is 4.41. The van der Waals surface area contributed by atoms with E-state index in [-0.39, 0.29) is 0 Å². The molecule has 20 heavy (non-hydrogen) atoms. The highest BCUT2D eigenvalue weighted by Crippen LogP contribution is 2.23. The molecule has 1 unspecified atom stereocenters. The molecule has 0 aliphatic carbocycles. The van der Waals surface area contributed by atoms with Gasteiger partial charge in [0, 0.05) is 29.0 Å². The zero-order valence-electron chi connectivity index (χ0n) is 11.5. The van der Waals surface area contributed by atoms with Gasteiger partial charge in [-0.25, -0.2) is 0 Å². The molecule has 102 valence electrons. The maximum absolute atomic E-state index is 4.41. The Morgan fingerprint density at radius 1 is 1.15 bits per heavy atom. The number of hydrogen-bond acceptors (Lipinski definition) is 3. The maximum Gasteiger partial charge on any atom is 0.0705 e. The number of aromatic nitrogens is 1. The molecular formula is C17H18N2S. The van der Waals surface area contributed by atoms with Crippen LogP contribution < -0.4 is 5.32 Å². The number of fused-ring (bicyclic) bond motifs is 1. The molecule has 0 bridgehead atoms. The predicted octanol–water partition coefficient (Wildman–Crippen LogP) is 4.54. The fourth-order valence-electron chi connectivity index (χ4n) is 2.48. The van der Waals surface area contributed by atoms with Crippen molar-refractivity contribution in [2.24, 2.45) is 0 Å². The summed E-state index contributed by atoms with van der Waals surface area (Å²) in [6.45, 7) is 3.10. The molecule has 3 aromatic rings. The minimum Gasteiger partial charge on any atom is -0.305 e. The summed E-state index contributed by atoms with van der Waals surface area (Å²) >= 11 is 1.82. The molecular weight excluding hydrogens is 264 g/mol. The first kappa shape index (κ1) is 13.3. The Morgan fingerprint density at radius 3 is 2.85 bits per heavy atom. The Morgan fingerprint density at radius 2 is 2.05 bits per heavy atom. The minimum atomic E-state index is 0.432. The van der Waals surface area contributed by atoms with Crippen molar-refractivity contribution in [3.63, 3.8) is 0 Å². The average Bonchev–Trinajstić information content (AvgIpc) is 3.02. The Balaban J connectivity index is 1.80. The molecule has 1 atom stereocenters. The van der Waals surface area contributed by atoms with Crippen LogP contribution in [0.5, 0.6) is 0 Å². The van der Waals surface area contributed by atoms with E-state index in [0.29, 0.717) is 6.04 Å². The van der Waals surface area contributed by atoms with Crippen LogP contribution in [0.3, 0.4) is 0 Å². The van der Waals surface area contributed by atoms with E-state index < -0.39 is 0 Å². The lowest BCUT2D eigenvalue weighted by Crippen LogP contribution is -2.19. The Hall–Kier alpha value is -1.71. The van der Waals surface area contributed by atoms with E-state index in [9.17, 15) is 0 Å². The van der Waals surface area contributed by atoms with Crippen molar-refractivity contribution in [3.8, 4) is 0 Å². The van der Waals surface area contributed by atoms with Gasteiger partial charge in [-0.3, -0.25) is 4.98 Å². The smallest absolute Gasteiger partial charge is 0.0705 e. The van der Waals surface area contributed by atoms with Crippen LogP contribution in [0, 0.1) is 0 Å². The third-order valence-corrected chi connectivity index (χ3v) is 4.56. The molecule has 0 amide bonds. The number of pyridine rings is 1. The van der Waals surface area contributed by atoms with Crippen molar-refractivity contribution in [1.29, 1.82) is 0 Å². The van der Waals surface area contributed by atoms with Crippen LogP contribution in [0.1, 0.15) is 29.8 Å². The Bertz CT molecular complexity index is 671. The topological polar surface area (TPSA) is 24.9 Å². The molecule has 0 spiro atoms. The highest BCUT2D eigenvalue weighted by Gasteiger charge is 2.10. The van der Waals surface area contributed by atoms with E-state index in [1.807, 2.05) is 23.6 Å². The van der Waals surface area contributed by atoms with Crippen LogP contribution in [-0.4, -0.2) is 4.98 Å². The number of nitrogens with zero attached hydrogens (tertiary/aromatic N) is 1. The van der Waals surface area contributed by atoms with E-state index >= 15 is 0 Å². The first-order valence-electron chi connectivity index (χ1n) is 6.98. The molecule has 0 saturated carbocycles. The largest absolute Gasteiger partial charge is 0.305 e. The molecule has 1 N–H and O–H groups in total. The Labute approximate surface area is 123 Å². The van der Waals surface area contributed by atoms with Gasteiger partial charge < -0.3 is 5.32 Å². The van der Waals surface area contributed by atoms with Gasteiger partial charge in [-0.15, -0.1) is 11.3 Å². The SMILES string of the molecule is CCC(NCc1ccnc2ccccc12)c1cccs1. The molecule has 3 heteroatoms. The third-order valence-electron chi connectivity index (χ3n) is 3.57. The zero-order chi connectivity index (χ0) is 13.8. The van der Waals surface area contributed by atoms with Gasteiger partial charge in [0.15, 0.2) is 0 Å². The predicted molar refractivity (Wildman–Crippen MR) is 85.9 cm³/mol. The van der Waals surface area contributed by atoms with Crippen LogP contribution in [0.15, 0.2) is 54.0 Å². The highest BCUT2D eigenvalue weighted by atomic mass is 32.1. The summed E-state index contributed by atoms with van der Waals surface area (Å²) in [5, 5.41) is 7.04. The monoisotopic (exact) mass is 282 g/mol. The third kappa shape index (κ3) is 2.74. The molecule has 0 aliphatic heterocycles. The van der Waals surface area contributed by atoms with E-state index in [4.69, 9.17) is 0 Å². The second-order valence-electron chi connectivity index (χ2n) is 4.84. The lowest BCUT2D eigenvalue weighted by molar-refractivity contribution is 0.528. The van der Waals surface area contributed by atoms with E-state index in [1.165, 1.54) is 15.8 Å². The normalized spacial score (nSPS) is 12.7. The number of thiophene rings is 1. The summed E-state index contributed by atoms with van der Waals surface area (Å²) < 4.78 is 0. The van der Waals surface area contributed by atoms with Crippen molar-refractivity contribution in [2.75, 3.05) is 0 Å². The van der Waals surface area contributed by atoms with E-state index in [2.05, 4.69) is 59.0 Å². The molecule has 2 heterocycles. The van der Waals surface area contributed by atoms with Gasteiger partial charge in [0.1, 0.15) is 0 Å². The molecule has 0 saturated heterocycles. The number of rotatable bonds is 5. The lowest BCUT2D eigenvalue weighted by atomic mass is 10.1. The summed E-state index contributed by atoms with van der Waals surface area (Å²) in [4.78, 5) is 5.82. The number of benzene rings is 1. The van der Waals surface area contributed by atoms with Gasteiger partial charge in [0.25, 0.3) is 0 Å². The number of nitrogens with one attached hydrogen (secondary N) is 1. The molecule has 0 fully saturated rings. The molecule has 0 radical (unpaired) electrons. The van der Waals surface area contributed by atoms with Gasteiger partial charge >= 0.3 is 0 Å². The lowest BCUT2D eigenvalue weighted by Gasteiger charge is -2.16. The van der Waals surface area contributed by atoms with Gasteiger partial charge in [-0.1, -0.05) is 31.2 Å². The van der Waals surface area contributed by atoms with Crippen LogP contribution in [0.4, 0.5) is 0 Å². The summed E-state index contributed by atoms with van der Waals surface area (Å²) in [5.74, 6) is 0. The van der Waals surface area contributed by atoms with Crippen molar-refractivity contribution in [3.05, 3.63) is 64.5 Å². The Kier molecular flexibility index (Phi) is 4.09. The molecule has 2 nitrogen and oxygen atoms in total. The van der Waals surface area contributed by atoms with Gasteiger partial charge in [-0.05, 0) is 35.6 Å². The van der Waals surface area contributed by atoms with Gasteiger partial charge in [0.05, 0.1) is 5.52 Å². The van der Waals surface area contributed by atoms with Gasteiger partial charge in [0.2, 0.25) is 0 Å². The summed E-state index contributed by atoms with van der Waals surface area (Å²) in [5.41, 5.74) is 2.38. The molecule has 1 aromatic carbocycles. The van der Waals surface area contributed by atoms with Crippen molar-refractivity contribution >= 4 is 22.2 Å². The molecule has 0 aliphatic rings. The first-order valence-corrected chi connectivity index (χ1v) is 7.86. The minimum absolute atomic E-state index is 0.432. The van der Waals surface area contributed by atoms with E-state index in [1.54, 1.807) is 0 Å². The van der Waals surface area contributed by atoms with Crippen molar-refractivity contribution in [2.45, 2.75) is 25.9 Å². The van der Waals surface area contributed by atoms with Crippen molar-refractivity contribution in [1.82, 2.24) is 10.3 Å². The summed E-state index contributed by atoms with van der Waals surface area (Å²) in [7, 11) is 0. The number of hydrogen-bond donors (Lipinski definition) is 1. The van der Waals surface area contributed by atoms with Crippen molar-refractivity contribution < 1.29 is 0 Å². The quantitative estimate of drug-likeness (QED) is 0.743. The summed E-state index contributed by atoms with van der Waals surface area (Å²) in [6, 6.07) is 15.2. The molecule has 3 rings (SSSR count). The standard InChI is InChI=1S/C17H18N2S/c1-2-15(17-8-5-11-20-17)19-12-13-9-10-18-16-7-4-3-6-14(13)16/h3-11,15,19H,2,12H2,1H3. The second kappa shape index (κ2) is 6.16. The first-order chi connectivity index (χ1) is 9.88. The molecule has 2 aromatic heterocycles. The zero-order valence-corrected chi connectivity index (χ0v) is 12.4. The fourth-order valence-corrected chi connectivity index (χ4v) is 3.36. The number of para-hydroxylation sites is 1. The van der Waals surface area contributed by atoms with Crippen LogP contribution in [0.25, 0.3) is 10.9 Å². The second-order valence-corrected chi connectivity index (χ2v) is 5.82. The van der Waals surface area contributed by atoms with Gasteiger partial charge in [-0.2, -0.15) is 0 Å². The fraction of sp³-hybridized carbons (Fsp3) is 0.235. The average molecular weight is 282 g/mol. The van der Waals surface area contributed by atoms with Crippen LogP contribution >= 0.6 is 11.3 Å². The van der Waals surface area contributed by atoms with Crippen LogP contribution in [0.2, 0.25) is 0 Å². The summed E-state index contributed by atoms with van der Waals surface area (Å²) in [6.07, 6.45) is 3.00. The highest BCUT2D eigenvalue weighted by molar-refractivity contribution is 7.10. The van der Waals surface area contributed by atoms with E-state index in [0.717, 1.165) is 18.5 Å². The van der Waals surface area contributed by atoms with Crippen LogP contribution in [-0.2, 0) is 6.54 Å².